The molecule has 2 aromatic carbocycles. The molecule has 3 heterocycles. The second kappa shape index (κ2) is 12.2. The Morgan fingerprint density at radius 1 is 0.925 bits per heavy atom. The van der Waals surface area contributed by atoms with Crippen molar-refractivity contribution in [3.8, 4) is 0 Å². The van der Waals surface area contributed by atoms with Crippen molar-refractivity contribution in [2.45, 2.75) is 26.2 Å². The Bertz CT molecular complexity index is 1380. The molecule has 0 radical (unpaired) electrons. The number of anilines is 3. The molecular weight excluding hydrogens is 513 g/mol. The first kappa shape index (κ1) is 27.2. The summed E-state index contributed by atoms with van der Waals surface area (Å²) in [5, 5.41) is 5.84. The third kappa shape index (κ3) is 6.27. The van der Waals surface area contributed by atoms with Gasteiger partial charge in [0.1, 0.15) is 11.6 Å². The molecule has 2 aliphatic heterocycles. The van der Waals surface area contributed by atoms with E-state index in [0.29, 0.717) is 74.8 Å². The Morgan fingerprint density at radius 3 is 2.35 bits per heavy atom. The smallest absolute Gasteiger partial charge is 0.291 e. The van der Waals surface area contributed by atoms with Gasteiger partial charge in [-0.3, -0.25) is 14.4 Å². The lowest BCUT2D eigenvalue weighted by molar-refractivity contribution is -0.127. The van der Waals surface area contributed by atoms with Crippen LogP contribution in [0, 0.1) is 12.7 Å². The number of halogens is 1. The van der Waals surface area contributed by atoms with Crippen LogP contribution < -0.4 is 20.4 Å². The number of nitrogens with one attached hydrogen (secondary N) is 2. The number of furan rings is 1. The van der Waals surface area contributed by atoms with Gasteiger partial charge in [0.05, 0.1) is 17.1 Å². The molecule has 210 valence electrons. The first-order chi connectivity index (χ1) is 19.4. The van der Waals surface area contributed by atoms with Gasteiger partial charge in [0, 0.05) is 57.8 Å². The van der Waals surface area contributed by atoms with Crippen molar-refractivity contribution in [2.75, 3.05) is 60.9 Å². The van der Waals surface area contributed by atoms with Gasteiger partial charge in [0.25, 0.3) is 11.8 Å². The SMILES string of the molecule is Cc1ccc(C(=O)Nc2cc(C(=O)NCCCN3CCCC3=O)ccc2N2CCN(c3ccccc3F)CC2)o1. The fourth-order valence-corrected chi connectivity index (χ4v) is 5.20. The monoisotopic (exact) mass is 547 g/mol. The van der Waals surface area contributed by atoms with E-state index in [2.05, 4.69) is 15.5 Å². The number of amides is 3. The molecule has 40 heavy (non-hydrogen) atoms. The summed E-state index contributed by atoms with van der Waals surface area (Å²) in [7, 11) is 0. The second-order valence-electron chi connectivity index (χ2n) is 10.1. The molecule has 2 fully saturated rings. The summed E-state index contributed by atoms with van der Waals surface area (Å²) in [4.78, 5) is 43.7. The molecule has 3 aromatic rings. The van der Waals surface area contributed by atoms with Gasteiger partial charge in [0.2, 0.25) is 5.91 Å². The van der Waals surface area contributed by atoms with Gasteiger partial charge < -0.3 is 29.8 Å². The van der Waals surface area contributed by atoms with Gasteiger partial charge >= 0.3 is 0 Å². The van der Waals surface area contributed by atoms with E-state index in [1.807, 2.05) is 21.9 Å². The summed E-state index contributed by atoms with van der Waals surface area (Å²) in [5.41, 5.74) is 2.25. The molecule has 3 amide bonds. The zero-order chi connectivity index (χ0) is 28.1. The third-order valence-electron chi connectivity index (χ3n) is 7.35. The van der Waals surface area contributed by atoms with Gasteiger partial charge in [-0.25, -0.2) is 4.39 Å². The highest BCUT2D eigenvalue weighted by molar-refractivity contribution is 6.05. The fourth-order valence-electron chi connectivity index (χ4n) is 5.20. The van der Waals surface area contributed by atoms with Gasteiger partial charge in [-0.15, -0.1) is 0 Å². The number of hydrogen-bond acceptors (Lipinski definition) is 6. The molecule has 0 aliphatic carbocycles. The first-order valence-electron chi connectivity index (χ1n) is 13.7. The fraction of sp³-hybridized carbons (Fsp3) is 0.367. The molecule has 9 nitrogen and oxygen atoms in total. The topological polar surface area (TPSA) is 98.1 Å². The van der Waals surface area contributed by atoms with Crippen LogP contribution in [0.1, 0.15) is 45.9 Å². The standard InChI is InChI=1S/C30H34FN5O4/c1-21-9-12-27(40-21)30(39)33-24-20-22(29(38)32-13-5-15-36-14-4-8-28(36)37)10-11-26(24)35-18-16-34(17-19-35)25-7-3-2-6-23(25)31/h2-3,6-7,9-12,20H,4-5,8,13-19H2,1H3,(H,32,38)(H,33,39). The van der Waals surface area contributed by atoms with Crippen LogP contribution in [0.3, 0.4) is 0 Å². The average Bonchev–Trinajstić information content (AvgIpc) is 3.59. The Kier molecular flexibility index (Phi) is 8.33. The van der Waals surface area contributed by atoms with Crippen molar-refractivity contribution in [3.63, 3.8) is 0 Å². The maximum absolute atomic E-state index is 14.3. The largest absolute Gasteiger partial charge is 0.456 e. The number of nitrogens with zero attached hydrogens (tertiary/aromatic N) is 3. The summed E-state index contributed by atoms with van der Waals surface area (Å²) >= 11 is 0. The van der Waals surface area contributed by atoms with Crippen molar-refractivity contribution < 1.29 is 23.2 Å². The van der Waals surface area contributed by atoms with Crippen LogP contribution in [0.2, 0.25) is 0 Å². The van der Waals surface area contributed by atoms with Crippen LogP contribution in [0.5, 0.6) is 0 Å². The zero-order valence-corrected chi connectivity index (χ0v) is 22.6. The molecule has 0 atom stereocenters. The summed E-state index contributed by atoms with van der Waals surface area (Å²) in [6.07, 6.45) is 2.16. The zero-order valence-electron chi connectivity index (χ0n) is 22.6. The lowest BCUT2D eigenvalue weighted by atomic mass is 10.1. The average molecular weight is 548 g/mol. The van der Waals surface area contributed by atoms with E-state index in [1.165, 1.54) is 6.07 Å². The Balaban J connectivity index is 1.28. The quantitative estimate of drug-likeness (QED) is 0.393. The Hall–Kier alpha value is -4.34. The molecule has 5 rings (SSSR count). The maximum atomic E-state index is 14.3. The highest BCUT2D eigenvalue weighted by atomic mass is 19.1. The minimum atomic E-state index is -0.410. The predicted octanol–water partition coefficient (Wildman–Crippen LogP) is 4.05. The minimum absolute atomic E-state index is 0.170. The van der Waals surface area contributed by atoms with E-state index >= 15 is 0 Å². The summed E-state index contributed by atoms with van der Waals surface area (Å²) < 4.78 is 19.8. The molecule has 2 N–H and O–H groups in total. The normalized spacial score (nSPS) is 15.4. The van der Waals surface area contributed by atoms with E-state index in [1.54, 1.807) is 43.3 Å². The van der Waals surface area contributed by atoms with Crippen molar-refractivity contribution in [2.24, 2.45) is 0 Å². The maximum Gasteiger partial charge on any atom is 0.291 e. The van der Waals surface area contributed by atoms with E-state index in [9.17, 15) is 18.8 Å². The molecule has 0 unspecified atom stereocenters. The summed E-state index contributed by atoms with van der Waals surface area (Å²) in [6.45, 7) is 6.04. The van der Waals surface area contributed by atoms with Crippen LogP contribution in [0.15, 0.2) is 59.0 Å². The number of para-hydroxylation sites is 1. The molecule has 1 aromatic heterocycles. The van der Waals surface area contributed by atoms with Crippen LogP contribution in [-0.2, 0) is 4.79 Å². The lowest BCUT2D eigenvalue weighted by Crippen LogP contribution is -2.47. The Labute approximate surface area is 232 Å². The van der Waals surface area contributed by atoms with Gasteiger partial charge in [0.15, 0.2) is 5.76 Å². The third-order valence-corrected chi connectivity index (χ3v) is 7.35. The van der Waals surface area contributed by atoms with Crippen molar-refractivity contribution in [1.29, 1.82) is 0 Å². The predicted molar refractivity (Wildman–Crippen MR) is 151 cm³/mol. The number of carbonyl (C=O) groups excluding carboxylic acids is 3. The first-order valence-corrected chi connectivity index (χ1v) is 13.7. The van der Waals surface area contributed by atoms with Gasteiger partial charge in [-0.1, -0.05) is 12.1 Å². The molecular formula is C30H34FN5O4. The molecule has 0 spiro atoms. The molecule has 2 aliphatic rings. The number of carbonyl (C=O) groups is 3. The molecule has 2 saturated heterocycles. The van der Waals surface area contributed by atoms with E-state index in [0.717, 1.165) is 18.7 Å². The lowest BCUT2D eigenvalue weighted by Gasteiger charge is -2.38. The second-order valence-corrected chi connectivity index (χ2v) is 10.1. The van der Waals surface area contributed by atoms with Gasteiger partial charge in [-0.05, 0) is 62.2 Å². The highest BCUT2D eigenvalue weighted by Gasteiger charge is 2.24. The highest BCUT2D eigenvalue weighted by Crippen LogP contribution is 2.30. The van der Waals surface area contributed by atoms with E-state index in [-0.39, 0.29) is 23.4 Å². The van der Waals surface area contributed by atoms with Crippen LogP contribution in [0.4, 0.5) is 21.5 Å². The summed E-state index contributed by atoms with van der Waals surface area (Å²) in [5.74, 6) is 0.0570. The number of hydrogen-bond donors (Lipinski definition) is 2. The number of benzene rings is 2. The van der Waals surface area contributed by atoms with Crippen molar-refractivity contribution >= 4 is 34.8 Å². The summed E-state index contributed by atoms with van der Waals surface area (Å²) in [6, 6.07) is 15.3. The number of aryl methyl sites for hydroxylation is 1. The van der Waals surface area contributed by atoms with Gasteiger partial charge in [-0.2, -0.15) is 0 Å². The number of likely N-dealkylation sites (tertiary alicyclic amines) is 1. The molecule has 0 bridgehead atoms. The van der Waals surface area contributed by atoms with Crippen LogP contribution >= 0.6 is 0 Å². The van der Waals surface area contributed by atoms with E-state index in [4.69, 9.17) is 4.42 Å². The molecule has 10 heteroatoms. The van der Waals surface area contributed by atoms with Crippen LogP contribution in [-0.4, -0.2) is 68.4 Å². The Morgan fingerprint density at radius 2 is 1.68 bits per heavy atom. The van der Waals surface area contributed by atoms with Crippen LogP contribution in [0.25, 0.3) is 0 Å². The number of rotatable bonds is 9. The van der Waals surface area contributed by atoms with Crippen molar-refractivity contribution in [1.82, 2.24) is 10.2 Å². The van der Waals surface area contributed by atoms with Crippen molar-refractivity contribution in [3.05, 3.63) is 77.5 Å². The minimum Gasteiger partial charge on any atom is -0.456 e. The number of piperazine rings is 1. The van der Waals surface area contributed by atoms with E-state index < -0.39 is 5.91 Å². The molecule has 0 saturated carbocycles.